The van der Waals surface area contributed by atoms with Crippen LogP contribution in [-0.4, -0.2) is 30.6 Å². The lowest BCUT2D eigenvalue weighted by molar-refractivity contribution is 0.277. The summed E-state index contributed by atoms with van der Waals surface area (Å²) in [5, 5.41) is 11.9. The monoisotopic (exact) mass is 247 g/mol. The van der Waals surface area contributed by atoms with Gasteiger partial charge in [-0.25, -0.2) is 4.39 Å². The highest BCUT2D eigenvalue weighted by atomic mass is 19.1. The summed E-state index contributed by atoms with van der Waals surface area (Å²) in [4.78, 5) is 2.44. The Morgan fingerprint density at radius 3 is 3.06 bits per heavy atom. The standard InChI is InChI=1S/C14H18FN3/c1-2-18-7-3-4-13(18)10-17-12-6-5-11(9-16)14(15)8-12/h5-6,8,13,17H,2-4,7,10H2,1H3. The van der Waals surface area contributed by atoms with Gasteiger partial charge in [0.1, 0.15) is 11.9 Å². The molecule has 2 rings (SSSR count). The van der Waals surface area contributed by atoms with Gasteiger partial charge in [-0.2, -0.15) is 5.26 Å². The van der Waals surface area contributed by atoms with Gasteiger partial charge in [0.15, 0.2) is 0 Å². The molecule has 1 aliphatic heterocycles. The number of rotatable bonds is 4. The van der Waals surface area contributed by atoms with Crippen LogP contribution in [-0.2, 0) is 0 Å². The summed E-state index contributed by atoms with van der Waals surface area (Å²) in [7, 11) is 0. The Morgan fingerprint density at radius 2 is 2.39 bits per heavy atom. The Bertz CT molecular complexity index is 453. The second-order valence-electron chi connectivity index (χ2n) is 4.61. The Labute approximate surface area is 107 Å². The van der Waals surface area contributed by atoms with Gasteiger partial charge in [0.2, 0.25) is 0 Å². The van der Waals surface area contributed by atoms with Crippen LogP contribution in [0, 0.1) is 17.1 Å². The number of hydrogen-bond donors (Lipinski definition) is 1. The number of hydrogen-bond acceptors (Lipinski definition) is 3. The van der Waals surface area contributed by atoms with E-state index in [2.05, 4.69) is 17.1 Å². The van der Waals surface area contributed by atoms with Crippen molar-refractivity contribution in [1.29, 1.82) is 5.26 Å². The number of benzene rings is 1. The summed E-state index contributed by atoms with van der Waals surface area (Å²) in [6, 6.07) is 7.03. The van der Waals surface area contributed by atoms with Crippen molar-refractivity contribution >= 4 is 5.69 Å². The zero-order valence-corrected chi connectivity index (χ0v) is 10.6. The van der Waals surface area contributed by atoms with E-state index in [-0.39, 0.29) is 5.56 Å². The molecule has 1 N–H and O–H groups in total. The van der Waals surface area contributed by atoms with Gasteiger partial charge in [-0.1, -0.05) is 6.92 Å². The van der Waals surface area contributed by atoms with Gasteiger partial charge in [0, 0.05) is 18.3 Å². The van der Waals surface area contributed by atoms with Crippen molar-refractivity contribution in [3.63, 3.8) is 0 Å². The van der Waals surface area contributed by atoms with Crippen LogP contribution in [0.2, 0.25) is 0 Å². The maximum absolute atomic E-state index is 13.4. The number of nitriles is 1. The summed E-state index contributed by atoms with van der Waals surface area (Å²) < 4.78 is 13.4. The molecule has 1 unspecified atom stereocenters. The molecular weight excluding hydrogens is 229 g/mol. The molecule has 1 atom stereocenters. The average molecular weight is 247 g/mol. The highest BCUT2D eigenvalue weighted by molar-refractivity contribution is 5.48. The quantitative estimate of drug-likeness (QED) is 0.889. The minimum absolute atomic E-state index is 0.0941. The fraction of sp³-hybridized carbons (Fsp3) is 0.500. The predicted octanol–water partition coefficient (Wildman–Crippen LogP) is 2.59. The van der Waals surface area contributed by atoms with Gasteiger partial charge < -0.3 is 5.32 Å². The van der Waals surface area contributed by atoms with E-state index in [1.54, 1.807) is 6.07 Å². The molecule has 1 aliphatic rings. The van der Waals surface area contributed by atoms with E-state index in [1.165, 1.54) is 25.0 Å². The van der Waals surface area contributed by atoms with E-state index in [4.69, 9.17) is 5.26 Å². The molecule has 1 saturated heterocycles. The molecule has 1 fully saturated rings. The molecule has 1 aromatic rings. The lowest BCUT2D eigenvalue weighted by Gasteiger charge is -2.23. The molecular formula is C14H18FN3. The van der Waals surface area contributed by atoms with E-state index in [1.807, 2.05) is 6.07 Å². The first-order valence-corrected chi connectivity index (χ1v) is 6.42. The van der Waals surface area contributed by atoms with Gasteiger partial charge in [0.05, 0.1) is 5.56 Å². The van der Waals surface area contributed by atoms with Gasteiger partial charge in [-0.15, -0.1) is 0 Å². The molecule has 0 radical (unpaired) electrons. The first-order valence-electron chi connectivity index (χ1n) is 6.42. The van der Waals surface area contributed by atoms with Crippen molar-refractivity contribution in [1.82, 2.24) is 4.90 Å². The molecule has 0 aliphatic carbocycles. The SMILES string of the molecule is CCN1CCCC1CNc1ccc(C#N)c(F)c1. The van der Waals surface area contributed by atoms with E-state index in [9.17, 15) is 4.39 Å². The van der Waals surface area contributed by atoms with Gasteiger partial charge in [-0.3, -0.25) is 4.90 Å². The lowest BCUT2D eigenvalue weighted by atomic mass is 10.2. The molecule has 96 valence electrons. The van der Waals surface area contributed by atoms with Crippen molar-refractivity contribution in [2.45, 2.75) is 25.8 Å². The molecule has 1 aromatic carbocycles. The van der Waals surface area contributed by atoms with Crippen LogP contribution in [0.15, 0.2) is 18.2 Å². The van der Waals surface area contributed by atoms with Crippen molar-refractivity contribution in [2.75, 3.05) is 25.0 Å². The van der Waals surface area contributed by atoms with Crippen molar-refractivity contribution in [2.24, 2.45) is 0 Å². The van der Waals surface area contributed by atoms with E-state index in [0.29, 0.717) is 6.04 Å². The number of nitrogens with one attached hydrogen (secondary N) is 1. The molecule has 4 heteroatoms. The van der Waals surface area contributed by atoms with Gasteiger partial charge in [-0.05, 0) is 44.1 Å². The van der Waals surface area contributed by atoms with Crippen molar-refractivity contribution in [3.05, 3.63) is 29.6 Å². The van der Waals surface area contributed by atoms with Gasteiger partial charge in [0.25, 0.3) is 0 Å². The first kappa shape index (κ1) is 12.8. The maximum Gasteiger partial charge on any atom is 0.143 e. The first-order chi connectivity index (χ1) is 8.74. The summed E-state index contributed by atoms with van der Waals surface area (Å²) in [6.45, 7) is 5.22. The summed E-state index contributed by atoms with van der Waals surface area (Å²) in [5.41, 5.74) is 0.839. The number of likely N-dealkylation sites (N-methyl/N-ethyl adjacent to an activating group) is 1. The Morgan fingerprint density at radius 1 is 1.56 bits per heavy atom. The highest BCUT2D eigenvalue weighted by Crippen LogP contribution is 2.18. The van der Waals surface area contributed by atoms with Crippen LogP contribution in [0.1, 0.15) is 25.3 Å². The van der Waals surface area contributed by atoms with Crippen LogP contribution < -0.4 is 5.32 Å². The van der Waals surface area contributed by atoms with Crippen LogP contribution in [0.4, 0.5) is 10.1 Å². The molecule has 0 spiro atoms. The molecule has 0 aromatic heterocycles. The Hall–Kier alpha value is -1.60. The smallest absolute Gasteiger partial charge is 0.143 e. The van der Waals surface area contributed by atoms with E-state index < -0.39 is 5.82 Å². The summed E-state index contributed by atoms with van der Waals surface area (Å²) in [6.07, 6.45) is 2.43. The summed E-state index contributed by atoms with van der Waals surface area (Å²) in [5.74, 6) is -0.457. The number of nitrogens with zero attached hydrogens (tertiary/aromatic N) is 2. The molecule has 18 heavy (non-hydrogen) atoms. The fourth-order valence-corrected chi connectivity index (χ4v) is 2.49. The van der Waals surface area contributed by atoms with Gasteiger partial charge >= 0.3 is 0 Å². The molecule has 0 amide bonds. The minimum Gasteiger partial charge on any atom is -0.383 e. The third kappa shape index (κ3) is 2.80. The molecule has 3 nitrogen and oxygen atoms in total. The van der Waals surface area contributed by atoms with Crippen molar-refractivity contribution in [3.8, 4) is 6.07 Å². The zero-order chi connectivity index (χ0) is 13.0. The second kappa shape index (κ2) is 5.83. The predicted molar refractivity (Wildman–Crippen MR) is 69.9 cm³/mol. The molecule has 0 saturated carbocycles. The van der Waals surface area contributed by atoms with Crippen molar-refractivity contribution < 1.29 is 4.39 Å². The number of likely N-dealkylation sites (tertiary alicyclic amines) is 1. The van der Waals surface area contributed by atoms with Crippen LogP contribution in [0.25, 0.3) is 0 Å². The van der Waals surface area contributed by atoms with Crippen LogP contribution >= 0.6 is 0 Å². The second-order valence-corrected chi connectivity index (χ2v) is 4.61. The Balaban J connectivity index is 1.94. The van der Waals surface area contributed by atoms with E-state index in [0.717, 1.165) is 25.3 Å². The topological polar surface area (TPSA) is 39.1 Å². The lowest BCUT2D eigenvalue weighted by Crippen LogP contribution is -2.34. The number of halogens is 1. The third-order valence-corrected chi connectivity index (χ3v) is 3.54. The zero-order valence-electron chi connectivity index (χ0n) is 10.6. The highest BCUT2D eigenvalue weighted by Gasteiger charge is 2.22. The number of anilines is 1. The van der Waals surface area contributed by atoms with Crippen LogP contribution in [0.3, 0.4) is 0 Å². The van der Waals surface area contributed by atoms with Crippen LogP contribution in [0.5, 0.6) is 0 Å². The normalized spacial score (nSPS) is 19.7. The minimum atomic E-state index is -0.457. The third-order valence-electron chi connectivity index (χ3n) is 3.54. The maximum atomic E-state index is 13.4. The molecule has 1 heterocycles. The fourth-order valence-electron chi connectivity index (χ4n) is 2.49. The average Bonchev–Trinajstić information content (AvgIpc) is 2.84. The molecule has 0 bridgehead atoms. The Kier molecular flexibility index (Phi) is 4.16. The summed E-state index contributed by atoms with van der Waals surface area (Å²) >= 11 is 0. The van der Waals surface area contributed by atoms with E-state index >= 15 is 0 Å². The largest absolute Gasteiger partial charge is 0.383 e.